The van der Waals surface area contributed by atoms with E-state index in [2.05, 4.69) is 23.6 Å². The van der Waals surface area contributed by atoms with Crippen LogP contribution < -0.4 is 10.6 Å². The minimum absolute atomic E-state index is 0.123. The molecule has 1 aliphatic heterocycles. The predicted octanol–water partition coefficient (Wildman–Crippen LogP) is 3.20. The summed E-state index contributed by atoms with van der Waals surface area (Å²) in [6, 6.07) is 9.15. The average molecular weight is 303 g/mol. The largest absolute Gasteiger partial charge is 0.337 e. The molecule has 112 valence electrons. The predicted molar refractivity (Wildman–Crippen MR) is 86.2 cm³/mol. The molecule has 1 aromatic carbocycles. The Balaban J connectivity index is 1.85. The summed E-state index contributed by atoms with van der Waals surface area (Å²) < 4.78 is 0.168. The Hall–Kier alpha value is -1.67. The molecule has 0 aromatic heterocycles. The molecular weight excluding hydrogens is 282 g/mol. The molecule has 21 heavy (non-hydrogen) atoms. The molecule has 5 heteroatoms. The van der Waals surface area contributed by atoms with E-state index >= 15 is 0 Å². The molecule has 1 heterocycles. The number of urea groups is 1. The zero-order valence-electron chi connectivity index (χ0n) is 12.5. The van der Waals surface area contributed by atoms with Crippen molar-refractivity contribution in [1.82, 2.24) is 10.6 Å². The van der Waals surface area contributed by atoms with Crippen LogP contribution in [-0.2, 0) is 0 Å². The maximum Gasteiger partial charge on any atom is 0.315 e. The molecule has 1 saturated heterocycles. The first-order chi connectivity index (χ1) is 10.0. The van der Waals surface area contributed by atoms with Crippen LogP contribution in [0.5, 0.6) is 0 Å². The SMILES string of the molecule is C[C@H](NC(=O)NC[C@@]1(C)CCCS1)c1cccc(C#N)c1. The third-order valence-electron chi connectivity index (χ3n) is 3.79. The lowest BCUT2D eigenvalue weighted by atomic mass is 10.1. The minimum Gasteiger partial charge on any atom is -0.337 e. The Morgan fingerprint density at radius 2 is 2.38 bits per heavy atom. The van der Waals surface area contributed by atoms with Gasteiger partial charge < -0.3 is 10.6 Å². The highest BCUT2D eigenvalue weighted by Gasteiger charge is 2.29. The summed E-state index contributed by atoms with van der Waals surface area (Å²) in [5, 5.41) is 14.8. The van der Waals surface area contributed by atoms with Crippen molar-refractivity contribution in [2.24, 2.45) is 0 Å². The number of nitrogens with zero attached hydrogens (tertiary/aromatic N) is 1. The zero-order valence-corrected chi connectivity index (χ0v) is 13.3. The molecule has 0 saturated carbocycles. The number of nitrogens with one attached hydrogen (secondary N) is 2. The highest BCUT2D eigenvalue weighted by molar-refractivity contribution is 8.00. The fourth-order valence-electron chi connectivity index (χ4n) is 2.45. The van der Waals surface area contributed by atoms with Crippen LogP contribution in [0.4, 0.5) is 4.79 Å². The molecule has 0 spiro atoms. The lowest BCUT2D eigenvalue weighted by molar-refractivity contribution is 0.237. The quantitative estimate of drug-likeness (QED) is 0.897. The number of carbonyl (C=O) groups is 1. The second-order valence-electron chi connectivity index (χ2n) is 5.69. The van der Waals surface area contributed by atoms with Gasteiger partial charge in [-0.25, -0.2) is 4.79 Å². The molecule has 0 unspecified atom stereocenters. The van der Waals surface area contributed by atoms with Crippen molar-refractivity contribution in [3.63, 3.8) is 0 Å². The van der Waals surface area contributed by atoms with E-state index in [1.807, 2.05) is 30.8 Å². The monoisotopic (exact) mass is 303 g/mol. The molecule has 4 nitrogen and oxygen atoms in total. The molecule has 0 bridgehead atoms. The third kappa shape index (κ3) is 4.40. The van der Waals surface area contributed by atoms with Gasteiger partial charge in [0.05, 0.1) is 17.7 Å². The van der Waals surface area contributed by atoms with E-state index in [4.69, 9.17) is 5.26 Å². The van der Waals surface area contributed by atoms with E-state index < -0.39 is 0 Å². The van der Waals surface area contributed by atoms with Crippen molar-refractivity contribution in [2.75, 3.05) is 12.3 Å². The summed E-state index contributed by atoms with van der Waals surface area (Å²) in [5.41, 5.74) is 1.54. The van der Waals surface area contributed by atoms with Crippen molar-refractivity contribution in [3.8, 4) is 6.07 Å². The summed E-state index contributed by atoms with van der Waals surface area (Å²) in [6.07, 6.45) is 2.37. The fraction of sp³-hybridized carbons (Fsp3) is 0.500. The fourth-order valence-corrected chi connectivity index (χ4v) is 3.70. The van der Waals surface area contributed by atoms with Gasteiger partial charge in [-0.2, -0.15) is 17.0 Å². The molecule has 1 aromatic rings. The van der Waals surface area contributed by atoms with Crippen LogP contribution >= 0.6 is 11.8 Å². The molecule has 2 rings (SSSR count). The summed E-state index contributed by atoms with van der Waals surface area (Å²) >= 11 is 1.93. The maximum absolute atomic E-state index is 12.0. The lowest BCUT2D eigenvalue weighted by Crippen LogP contribution is -2.43. The summed E-state index contributed by atoms with van der Waals surface area (Å²) in [7, 11) is 0. The number of hydrogen-bond donors (Lipinski definition) is 2. The van der Waals surface area contributed by atoms with Gasteiger partial charge in [-0.15, -0.1) is 0 Å². The van der Waals surface area contributed by atoms with Gasteiger partial charge in [-0.3, -0.25) is 0 Å². The zero-order chi connectivity index (χ0) is 15.3. The smallest absolute Gasteiger partial charge is 0.315 e. The molecular formula is C16H21N3OS. The van der Waals surface area contributed by atoms with Crippen LogP contribution in [0.1, 0.15) is 43.9 Å². The van der Waals surface area contributed by atoms with Gasteiger partial charge in [0.1, 0.15) is 0 Å². The van der Waals surface area contributed by atoms with Gasteiger partial charge in [0.2, 0.25) is 0 Å². The van der Waals surface area contributed by atoms with Crippen molar-refractivity contribution >= 4 is 17.8 Å². The van der Waals surface area contributed by atoms with Gasteiger partial charge in [-0.1, -0.05) is 12.1 Å². The van der Waals surface area contributed by atoms with Crippen LogP contribution in [-0.4, -0.2) is 23.1 Å². The number of rotatable bonds is 4. The lowest BCUT2D eigenvalue weighted by Gasteiger charge is -2.24. The number of amides is 2. The topological polar surface area (TPSA) is 64.9 Å². The first-order valence-electron chi connectivity index (χ1n) is 7.21. The van der Waals surface area contributed by atoms with Crippen molar-refractivity contribution in [3.05, 3.63) is 35.4 Å². The van der Waals surface area contributed by atoms with Crippen LogP contribution in [0, 0.1) is 11.3 Å². The van der Waals surface area contributed by atoms with E-state index in [-0.39, 0.29) is 16.8 Å². The van der Waals surface area contributed by atoms with Gasteiger partial charge in [0, 0.05) is 11.3 Å². The van der Waals surface area contributed by atoms with Crippen LogP contribution in [0.15, 0.2) is 24.3 Å². The third-order valence-corrected chi connectivity index (χ3v) is 5.32. The number of carbonyl (C=O) groups excluding carboxylic acids is 1. The highest BCUT2D eigenvalue weighted by Crippen LogP contribution is 2.36. The van der Waals surface area contributed by atoms with E-state index in [1.165, 1.54) is 12.2 Å². The highest BCUT2D eigenvalue weighted by atomic mass is 32.2. The van der Waals surface area contributed by atoms with Crippen molar-refractivity contribution < 1.29 is 4.79 Å². The van der Waals surface area contributed by atoms with E-state index in [1.54, 1.807) is 12.1 Å². The molecule has 2 atom stereocenters. The molecule has 0 aliphatic carbocycles. The molecule has 0 radical (unpaired) electrons. The second-order valence-corrected chi connectivity index (χ2v) is 7.37. The Morgan fingerprint density at radius 1 is 1.57 bits per heavy atom. The summed E-state index contributed by atoms with van der Waals surface area (Å²) in [5.74, 6) is 1.18. The molecule has 1 fully saturated rings. The molecule has 2 N–H and O–H groups in total. The van der Waals surface area contributed by atoms with Gasteiger partial charge in [0.25, 0.3) is 0 Å². The maximum atomic E-state index is 12.0. The number of hydrogen-bond acceptors (Lipinski definition) is 3. The summed E-state index contributed by atoms with van der Waals surface area (Å²) in [6.45, 7) is 4.81. The Kier molecular flexibility index (Phi) is 5.13. The molecule has 2 amide bonds. The standard InChI is InChI=1S/C16H21N3OS/c1-12(14-6-3-5-13(9-14)10-17)19-15(20)18-11-16(2)7-4-8-21-16/h3,5-6,9,12H,4,7-8,11H2,1-2H3,(H2,18,19,20)/t12-,16+/m0/s1. The van der Waals surface area contributed by atoms with Crippen LogP contribution in [0.3, 0.4) is 0 Å². The van der Waals surface area contributed by atoms with Gasteiger partial charge >= 0.3 is 6.03 Å². The Morgan fingerprint density at radius 3 is 3.05 bits per heavy atom. The summed E-state index contributed by atoms with van der Waals surface area (Å²) in [4.78, 5) is 12.0. The molecule has 1 aliphatic rings. The van der Waals surface area contributed by atoms with Crippen molar-refractivity contribution in [1.29, 1.82) is 5.26 Å². The normalized spacial score (nSPS) is 22.3. The Labute approximate surface area is 130 Å². The van der Waals surface area contributed by atoms with Gasteiger partial charge in [-0.05, 0) is 50.1 Å². The first kappa shape index (κ1) is 15.7. The number of thioether (sulfide) groups is 1. The number of benzene rings is 1. The Bertz CT molecular complexity index is 547. The van der Waals surface area contributed by atoms with E-state index in [0.29, 0.717) is 12.1 Å². The van der Waals surface area contributed by atoms with Gasteiger partial charge in [0.15, 0.2) is 0 Å². The van der Waals surface area contributed by atoms with Crippen molar-refractivity contribution in [2.45, 2.75) is 37.5 Å². The van der Waals surface area contributed by atoms with E-state index in [0.717, 1.165) is 12.0 Å². The first-order valence-corrected chi connectivity index (χ1v) is 8.19. The number of nitriles is 1. The minimum atomic E-state index is -0.154. The van der Waals surface area contributed by atoms with Crippen LogP contribution in [0.25, 0.3) is 0 Å². The second kappa shape index (κ2) is 6.86. The average Bonchev–Trinajstić information content (AvgIpc) is 2.92. The van der Waals surface area contributed by atoms with E-state index in [9.17, 15) is 4.79 Å². The van der Waals surface area contributed by atoms with Crippen LogP contribution in [0.2, 0.25) is 0 Å².